The van der Waals surface area contributed by atoms with Crippen molar-refractivity contribution in [3.05, 3.63) is 33.9 Å². The molecule has 0 atom stereocenters. The summed E-state index contributed by atoms with van der Waals surface area (Å²) >= 11 is 0. The maximum atomic E-state index is 11.1. The highest BCUT2D eigenvalue weighted by Gasteiger charge is 2.25. The number of nitrogens with two attached hydrogens (primary N) is 1. The first kappa shape index (κ1) is 14.6. The number of benzene rings is 1. The second kappa shape index (κ2) is 6.09. The Morgan fingerprint density at radius 1 is 1.48 bits per heavy atom. The van der Waals surface area contributed by atoms with Gasteiger partial charge in [0.05, 0.1) is 16.6 Å². The Kier molecular flexibility index (Phi) is 4.23. The SMILES string of the molecule is N#Cc1ccc(N2CCC(NC(N)=O)CC2)c([N+](=O)[O-])c1. The highest BCUT2D eigenvalue weighted by atomic mass is 16.6. The first-order valence-electron chi connectivity index (χ1n) is 6.50. The zero-order valence-corrected chi connectivity index (χ0v) is 11.3. The number of hydrogen-bond donors (Lipinski definition) is 2. The molecule has 110 valence electrons. The molecule has 1 aromatic rings. The normalized spacial score (nSPS) is 15.3. The number of nitrogens with one attached hydrogen (secondary N) is 1. The number of piperidine rings is 1. The number of hydrogen-bond acceptors (Lipinski definition) is 5. The summed E-state index contributed by atoms with van der Waals surface area (Å²) in [5, 5.41) is 22.6. The van der Waals surface area contributed by atoms with Crippen LogP contribution < -0.4 is 16.0 Å². The minimum absolute atomic E-state index is 0.00353. The number of rotatable bonds is 3. The maximum Gasteiger partial charge on any atom is 0.312 e. The van der Waals surface area contributed by atoms with Gasteiger partial charge in [0, 0.05) is 25.2 Å². The third-order valence-corrected chi connectivity index (χ3v) is 3.48. The van der Waals surface area contributed by atoms with Gasteiger partial charge in [-0.05, 0) is 25.0 Å². The number of amides is 2. The van der Waals surface area contributed by atoms with Gasteiger partial charge in [0.1, 0.15) is 5.69 Å². The zero-order chi connectivity index (χ0) is 15.4. The monoisotopic (exact) mass is 289 g/mol. The molecule has 1 heterocycles. The van der Waals surface area contributed by atoms with Gasteiger partial charge in [0.25, 0.3) is 5.69 Å². The number of nitro groups is 1. The third-order valence-electron chi connectivity index (χ3n) is 3.48. The Bertz CT molecular complexity index is 602. The minimum atomic E-state index is -0.558. The van der Waals surface area contributed by atoms with Crippen LogP contribution in [0.4, 0.5) is 16.2 Å². The van der Waals surface area contributed by atoms with Crippen LogP contribution in [0.2, 0.25) is 0 Å². The quantitative estimate of drug-likeness (QED) is 0.636. The van der Waals surface area contributed by atoms with Crippen molar-refractivity contribution in [3.8, 4) is 6.07 Å². The van der Waals surface area contributed by atoms with E-state index in [2.05, 4.69) is 5.32 Å². The minimum Gasteiger partial charge on any atom is -0.366 e. The van der Waals surface area contributed by atoms with Gasteiger partial charge >= 0.3 is 6.03 Å². The Labute approximate surface area is 121 Å². The standard InChI is InChI=1S/C13H15N5O3/c14-8-9-1-2-11(12(7-9)18(20)21)17-5-3-10(4-6-17)16-13(15)19/h1-2,7,10H,3-6H2,(H3,15,16,19). The van der Waals surface area contributed by atoms with E-state index < -0.39 is 11.0 Å². The second-order valence-electron chi connectivity index (χ2n) is 4.84. The molecule has 8 nitrogen and oxygen atoms in total. The van der Waals surface area contributed by atoms with Crippen molar-refractivity contribution in [2.75, 3.05) is 18.0 Å². The van der Waals surface area contributed by atoms with E-state index in [4.69, 9.17) is 11.0 Å². The van der Waals surface area contributed by atoms with Crippen LogP contribution in [-0.4, -0.2) is 30.1 Å². The van der Waals surface area contributed by atoms with Gasteiger partial charge < -0.3 is 16.0 Å². The van der Waals surface area contributed by atoms with E-state index in [1.165, 1.54) is 6.07 Å². The summed E-state index contributed by atoms with van der Waals surface area (Å²) < 4.78 is 0. The lowest BCUT2D eigenvalue weighted by Crippen LogP contribution is -2.46. The molecule has 0 aromatic heterocycles. The molecule has 0 aliphatic carbocycles. The lowest BCUT2D eigenvalue weighted by molar-refractivity contribution is -0.384. The topological polar surface area (TPSA) is 125 Å². The van der Waals surface area contributed by atoms with E-state index in [1.807, 2.05) is 11.0 Å². The predicted octanol–water partition coefficient (Wildman–Crippen LogP) is 1.10. The van der Waals surface area contributed by atoms with Crippen molar-refractivity contribution >= 4 is 17.4 Å². The summed E-state index contributed by atoms with van der Waals surface area (Å²) in [6, 6.07) is 5.78. The number of nitrogens with zero attached hydrogens (tertiary/aromatic N) is 3. The summed E-state index contributed by atoms with van der Waals surface area (Å²) in [5.74, 6) is 0. The lowest BCUT2D eigenvalue weighted by atomic mass is 10.0. The number of nitriles is 1. The van der Waals surface area contributed by atoms with Gasteiger partial charge in [-0.3, -0.25) is 10.1 Å². The molecule has 8 heteroatoms. The average Bonchev–Trinajstić information content (AvgIpc) is 2.47. The number of nitro benzene ring substituents is 1. The van der Waals surface area contributed by atoms with Crippen LogP contribution in [0.25, 0.3) is 0 Å². The van der Waals surface area contributed by atoms with Crippen LogP contribution in [0.15, 0.2) is 18.2 Å². The van der Waals surface area contributed by atoms with Crippen molar-refractivity contribution in [3.63, 3.8) is 0 Å². The zero-order valence-electron chi connectivity index (χ0n) is 11.3. The van der Waals surface area contributed by atoms with Crippen LogP contribution in [0.1, 0.15) is 18.4 Å². The molecule has 1 fully saturated rings. The van der Waals surface area contributed by atoms with E-state index in [9.17, 15) is 14.9 Å². The van der Waals surface area contributed by atoms with Crippen molar-refractivity contribution in [1.82, 2.24) is 5.32 Å². The van der Waals surface area contributed by atoms with E-state index in [-0.39, 0.29) is 17.3 Å². The molecule has 1 saturated heterocycles. The highest BCUT2D eigenvalue weighted by molar-refractivity contribution is 5.72. The maximum absolute atomic E-state index is 11.1. The molecule has 0 radical (unpaired) electrons. The number of urea groups is 1. The predicted molar refractivity (Wildman–Crippen MR) is 75.8 cm³/mol. The third kappa shape index (κ3) is 3.39. The molecular weight excluding hydrogens is 274 g/mol. The van der Waals surface area contributed by atoms with Crippen molar-refractivity contribution in [2.24, 2.45) is 5.73 Å². The van der Waals surface area contributed by atoms with Gasteiger partial charge in [-0.1, -0.05) is 0 Å². The molecule has 2 rings (SSSR count). The fourth-order valence-corrected chi connectivity index (χ4v) is 2.47. The van der Waals surface area contributed by atoms with Gasteiger partial charge in [0.15, 0.2) is 0 Å². The summed E-state index contributed by atoms with van der Waals surface area (Å²) in [7, 11) is 0. The molecule has 1 aromatic carbocycles. The van der Waals surface area contributed by atoms with Gasteiger partial charge in [0.2, 0.25) is 0 Å². The van der Waals surface area contributed by atoms with Crippen LogP contribution in [0.5, 0.6) is 0 Å². The molecule has 0 unspecified atom stereocenters. The number of carbonyl (C=O) groups excluding carboxylic acids is 1. The van der Waals surface area contributed by atoms with Crippen molar-refractivity contribution < 1.29 is 9.72 Å². The Morgan fingerprint density at radius 3 is 2.67 bits per heavy atom. The Hall–Kier alpha value is -2.82. The number of anilines is 1. The summed E-state index contributed by atoms with van der Waals surface area (Å²) in [5.41, 5.74) is 5.76. The summed E-state index contributed by atoms with van der Waals surface area (Å²) in [6.07, 6.45) is 1.33. The molecule has 1 aliphatic rings. The molecule has 0 spiro atoms. The molecule has 3 N–H and O–H groups in total. The molecule has 21 heavy (non-hydrogen) atoms. The van der Waals surface area contributed by atoms with E-state index in [1.54, 1.807) is 12.1 Å². The van der Waals surface area contributed by atoms with Crippen LogP contribution in [-0.2, 0) is 0 Å². The van der Waals surface area contributed by atoms with Gasteiger partial charge in [-0.15, -0.1) is 0 Å². The van der Waals surface area contributed by atoms with Crippen LogP contribution in [0.3, 0.4) is 0 Å². The summed E-state index contributed by atoms with van der Waals surface area (Å²) in [6.45, 7) is 1.16. The first-order valence-corrected chi connectivity index (χ1v) is 6.50. The van der Waals surface area contributed by atoms with E-state index in [0.29, 0.717) is 31.6 Å². The first-order chi connectivity index (χ1) is 10.0. The Morgan fingerprint density at radius 2 is 2.14 bits per heavy atom. The lowest BCUT2D eigenvalue weighted by Gasteiger charge is -2.33. The summed E-state index contributed by atoms with van der Waals surface area (Å²) in [4.78, 5) is 23.4. The Balaban J connectivity index is 2.15. The van der Waals surface area contributed by atoms with Crippen LogP contribution >= 0.6 is 0 Å². The van der Waals surface area contributed by atoms with Crippen molar-refractivity contribution in [1.29, 1.82) is 5.26 Å². The average molecular weight is 289 g/mol. The molecule has 0 bridgehead atoms. The van der Waals surface area contributed by atoms with E-state index in [0.717, 1.165) is 0 Å². The van der Waals surface area contributed by atoms with E-state index >= 15 is 0 Å². The van der Waals surface area contributed by atoms with Crippen molar-refractivity contribution in [2.45, 2.75) is 18.9 Å². The molecule has 2 amide bonds. The molecular formula is C13H15N5O3. The number of primary amides is 1. The highest BCUT2D eigenvalue weighted by Crippen LogP contribution is 2.31. The van der Waals surface area contributed by atoms with Gasteiger partial charge in [-0.2, -0.15) is 5.26 Å². The molecule has 0 saturated carbocycles. The molecule has 1 aliphatic heterocycles. The van der Waals surface area contributed by atoms with Gasteiger partial charge in [-0.25, -0.2) is 4.79 Å². The second-order valence-corrected chi connectivity index (χ2v) is 4.84. The van der Waals surface area contributed by atoms with Crippen LogP contribution in [0, 0.1) is 21.4 Å². The largest absolute Gasteiger partial charge is 0.366 e. The fraction of sp³-hybridized carbons (Fsp3) is 0.385. The number of carbonyl (C=O) groups is 1. The smallest absolute Gasteiger partial charge is 0.312 e. The fourth-order valence-electron chi connectivity index (χ4n) is 2.47.